The van der Waals surface area contributed by atoms with Crippen molar-refractivity contribution < 1.29 is 29.5 Å². The molecule has 4 unspecified atom stereocenters. The van der Waals surface area contributed by atoms with Crippen LogP contribution in [0.25, 0.3) is 11.2 Å². The number of imidazole rings is 1. The van der Waals surface area contributed by atoms with Crippen LogP contribution in [0.15, 0.2) is 30.9 Å². The first-order chi connectivity index (χ1) is 14.6. The van der Waals surface area contributed by atoms with E-state index in [9.17, 15) is 15.3 Å². The summed E-state index contributed by atoms with van der Waals surface area (Å²) in [4.78, 5) is 12.8. The Balaban J connectivity index is 1.57. The fourth-order valence-corrected chi connectivity index (χ4v) is 3.45. The molecule has 1 aromatic carbocycles. The summed E-state index contributed by atoms with van der Waals surface area (Å²) in [6, 6.07) is 5.59. The molecule has 4 rings (SSSR count). The number of aromatic nitrogens is 4. The highest BCUT2D eigenvalue weighted by Gasteiger charge is 2.44. The summed E-state index contributed by atoms with van der Waals surface area (Å²) in [5, 5.41) is 32.8. The molecular formula is C19H23N5O6. The Hall–Kier alpha value is -2.99. The number of methoxy groups -OCH3 is 2. The second-order valence-electron chi connectivity index (χ2n) is 6.82. The normalized spacial score (nSPS) is 23.6. The molecule has 0 spiro atoms. The minimum atomic E-state index is -1.22. The molecule has 160 valence electrons. The zero-order chi connectivity index (χ0) is 21.3. The van der Waals surface area contributed by atoms with Crippen molar-refractivity contribution in [3.05, 3.63) is 36.4 Å². The Morgan fingerprint density at radius 3 is 2.60 bits per heavy atom. The van der Waals surface area contributed by atoms with Crippen LogP contribution in [0.4, 0.5) is 5.82 Å². The number of nitrogens with one attached hydrogen (secondary N) is 1. The second-order valence-corrected chi connectivity index (χ2v) is 6.82. The van der Waals surface area contributed by atoms with Gasteiger partial charge < -0.3 is 34.8 Å². The van der Waals surface area contributed by atoms with E-state index in [1.165, 1.54) is 17.2 Å². The van der Waals surface area contributed by atoms with Gasteiger partial charge in [-0.3, -0.25) is 4.57 Å². The van der Waals surface area contributed by atoms with Crippen LogP contribution in [0.5, 0.6) is 11.5 Å². The Morgan fingerprint density at radius 1 is 1.10 bits per heavy atom. The molecule has 1 fully saturated rings. The summed E-state index contributed by atoms with van der Waals surface area (Å²) in [5.41, 5.74) is 1.85. The summed E-state index contributed by atoms with van der Waals surface area (Å²) in [6.07, 6.45) is -1.40. The predicted molar refractivity (Wildman–Crippen MR) is 105 cm³/mol. The number of aliphatic hydroxyl groups is 3. The first-order valence-corrected chi connectivity index (χ1v) is 9.32. The Bertz CT molecular complexity index is 1030. The molecular weight excluding hydrogens is 394 g/mol. The highest BCUT2D eigenvalue weighted by Crippen LogP contribution is 2.32. The fourth-order valence-electron chi connectivity index (χ4n) is 3.45. The highest BCUT2D eigenvalue weighted by atomic mass is 16.6. The van der Waals surface area contributed by atoms with Gasteiger partial charge in [0, 0.05) is 6.54 Å². The lowest BCUT2D eigenvalue weighted by molar-refractivity contribution is -0.0511. The summed E-state index contributed by atoms with van der Waals surface area (Å²) < 4.78 is 17.7. The molecule has 0 bridgehead atoms. The summed E-state index contributed by atoms with van der Waals surface area (Å²) in [6.45, 7) is 0.0433. The van der Waals surface area contributed by atoms with Crippen molar-refractivity contribution in [2.24, 2.45) is 0 Å². The molecule has 30 heavy (non-hydrogen) atoms. The fraction of sp³-hybridized carbons (Fsp3) is 0.421. The minimum absolute atomic E-state index is 0.408. The number of anilines is 1. The van der Waals surface area contributed by atoms with Crippen LogP contribution in [-0.4, -0.2) is 74.0 Å². The third-order valence-electron chi connectivity index (χ3n) is 5.06. The zero-order valence-corrected chi connectivity index (χ0v) is 16.5. The maximum Gasteiger partial charge on any atom is 0.167 e. The topological polar surface area (TPSA) is 144 Å². The molecule has 0 amide bonds. The molecule has 3 heterocycles. The van der Waals surface area contributed by atoms with Crippen molar-refractivity contribution in [1.29, 1.82) is 0 Å². The molecule has 2 aromatic heterocycles. The van der Waals surface area contributed by atoms with Crippen molar-refractivity contribution in [2.45, 2.75) is 31.1 Å². The molecule has 1 aliphatic rings. The van der Waals surface area contributed by atoms with Gasteiger partial charge >= 0.3 is 0 Å². The van der Waals surface area contributed by atoms with Crippen molar-refractivity contribution in [3.8, 4) is 11.5 Å². The van der Waals surface area contributed by atoms with Gasteiger partial charge in [-0.25, -0.2) is 15.0 Å². The van der Waals surface area contributed by atoms with Crippen LogP contribution >= 0.6 is 0 Å². The molecule has 4 N–H and O–H groups in total. The van der Waals surface area contributed by atoms with E-state index in [1.54, 1.807) is 14.2 Å². The average molecular weight is 417 g/mol. The van der Waals surface area contributed by atoms with Crippen molar-refractivity contribution >= 4 is 17.0 Å². The summed E-state index contributed by atoms with van der Waals surface area (Å²) in [7, 11) is 3.16. The quantitative estimate of drug-likeness (QED) is 0.417. The zero-order valence-electron chi connectivity index (χ0n) is 16.5. The first kappa shape index (κ1) is 20.3. The van der Waals surface area contributed by atoms with E-state index < -0.39 is 31.1 Å². The smallest absolute Gasteiger partial charge is 0.167 e. The number of rotatable bonds is 7. The van der Waals surface area contributed by atoms with Crippen LogP contribution in [0.2, 0.25) is 0 Å². The molecule has 0 radical (unpaired) electrons. The maximum absolute atomic E-state index is 10.3. The molecule has 1 aliphatic heterocycles. The minimum Gasteiger partial charge on any atom is -0.493 e. The van der Waals surface area contributed by atoms with Gasteiger partial charge in [0.1, 0.15) is 24.6 Å². The lowest BCUT2D eigenvalue weighted by Crippen LogP contribution is -2.33. The molecule has 3 aromatic rings. The van der Waals surface area contributed by atoms with E-state index in [4.69, 9.17) is 14.2 Å². The van der Waals surface area contributed by atoms with Crippen LogP contribution in [0, 0.1) is 0 Å². The third kappa shape index (κ3) is 3.52. The van der Waals surface area contributed by atoms with E-state index in [1.807, 2.05) is 18.2 Å². The van der Waals surface area contributed by atoms with Gasteiger partial charge in [0.15, 0.2) is 34.7 Å². The highest BCUT2D eigenvalue weighted by molar-refractivity contribution is 5.82. The monoisotopic (exact) mass is 417 g/mol. The van der Waals surface area contributed by atoms with Crippen LogP contribution in [-0.2, 0) is 11.3 Å². The number of fused-ring (bicyclic) bond motifs is 1. The van der Waals surface area contributed by atoms with Crippen molar-refractivity contribution in [3.63, 3.8) is 0 Å². The maximum atomic E-state index is 10.3. The lowest BCUT2D eigenvalue weighted by atomic mass is 10.1. The number of hydrogen-bond acceptors (Lipinski definition) is 10. The Labute approximate surface area is 171 Å². The Morgan fingerprint density at radius 2 is 1.90 bits per heavy atom. The van der Waals surface area contributed by atoms with Crippen molar-refractivity contribution in [1.82, 2.24) is 19.5 Å². The second kappa shape index (κ2) is 8.40. The van der Waals surface area contributed by atoms with E-state index in [-0.39, 0.29) is 0 Å². The number of benzene rings is 1. The average Bonchev–Trinajstić information content (AvgIpc) is 3.33. The van der Waals surface area contributed by atoms with Crippen LogP contribution in [0.3, 0.4) is 0 Å². The summed E-state index contributed by atoms with van der Waals surface area (Å²) >= 11 is 0. The van der Waals surface area contributed by atoms with Gasteiger partial charge in [0.05, 0.1) is 27.2 Å². The number of ether oxygens (including phenoxy) is 3. The van der Waals surface area contributed by atoms with E-state index in [2.05, 4.69) is 20.3 Å². The summed E-state index contributed by atoms with van der Waals surface area (Å²) in [5.74, 6) is 1.77. The molecule has 1 saturated heterocycles. The van der Waals surface area contributed by atoms with Crippen LogP contribution < -0.4 is 14.8 Å². The van der Waals surface area contributed by atoms with Gasteiger partial charge in [-0.1, -0.05) is 6.07 Å². The van der Waals surface area contributed by atoms with Gasteiger partial charge in [-0.05, 0) is 17.7 Å². The molecule has 0 saturated carbocycles. The number of nitrogens with zero attached hydrogens (tertiary/aromatic N) is 4. The van der Waals surface area contributed by atoms with E-state index >= 15 is 0 Å². The molecule has 4 atom stereocenters. The SMILES string of the molecule is COc1ccc(CNc2ncnc3c2ncn3C2OC(CO)C(O)C2O)cc1OC. The first-order valence-electron chi connectivity index (χ1n) is 9.32. The van der Waals surface area contributed by atoms with Gasteiger partial charge in [0.2, 0.25) is 0 Å². The molecule has 11 nitrogen and oxygen atoms in total. The number of aliphatic hydroxyl groups excluding tert-OH is 3. The van der Waals surface area contributed by atoms with Crippen LogP contribution in [0.1, 0.15) is 11.8 Å². The lowest BCUT2D eigenvalue weighted by Gasteiger charge is -2.16. The van der Waals surface area contributed by atoms with E-state index in [0.29, 0.717) is 35.0 Å². The molecule has 0 aliphatic carbocycles. The molecule has 11 heteroatoms. The number of hydrogen-bond donors (Lipinski definition) is 4. The van der Waals surface area contributed by atoms with Gasteiger partial charge in [-0.2, -0.15) is 0 Å². The standard InChI is InChI=1S/C19H23N5O6/c1-28-11-4-3-10(5-12(11)29-2)6-20-17-14-18(22-8-21-17)24(9-23-14)19-16(27)15(26)13(7-25)30-19/h3-5,8-9,13,15-16,19,25-27H,6-7H2,1-2H3,(H,20,21,22). The van der Waals surface area contributed by atoms with E-state index in [0.717, 1.165) is 5.56 Å². The Kier molecular flexibility index (Phi) is 5.68. The van der Waals surface area contributed by atoms with Crippen molar-refractivity contribution in [2.75, 3.05) is 26.1 Å². The largest absolute Gasteiger partial charge is 0.493 e. The van der Waals surface area contributed by atoms with Gasteiger partial charge in [0.25, 0.3) is 0 Å². The van der Waals surface area contributed by atoms with Gasteiger partial charge in [-0.15, -0.1) is 0 Å². The third-order valence-corrected chi connectivity index (χ3v) is 5.06. The predicted octanol–water partition coefficient (Wildman–Crippen LogP) is 0.0671.